The van der Waals surface area contributed by atoms with E-state index in [0.29, 0.717) is 31.5 Å². The van der Waals surface area contributed by atoms with E-state index < -0.39 is 22.9 Å². The van der Waals surface area contributed by atoms with Gasteiger partial charge in [0.2, 0.25) is 0 Å². The van der Waals surface area contributed by atoms with Gasteiger partial charge in [-0.15, -0.1) is 0 Å². The van der Waals surface area contributed by atoms with Crippen LogP contribution in [0.5, 0.6) is 0 Å². The normalized spacial score (nSPS) is 25.4. The Hall–Kier alpha value is -8.46. The van der Waals surface area contributed by atoms with Crippen molar-refractivity contribution in [3.8, 4) is 0 Å². The molecule has 6 aliphatic heterocycles. The Morgan fingerprint density at radius 3 is 1.02 bits per heavy atom. The Morgan fingerprint density at radius 2 is 0.603 bits per heavy atom. The van der Waals surface area contributed by atoms with Crippen LogP contribution in [0.25, 0.3) is 0 Å². The molecule has 0 saturated heterocycles. The lowest BCUT2D eigenvalue weighted by atomic mass is 9.82. The van der Waals surface area contributed by atoms with Crippen molar-refractivity contribution in [1.82, 2.24) is 60.0 Å². The standard InChI is InChI=1S/C17H27N3.C16H25N3.C15H21F2N3.C15H22FN3.C15H23N3O.C14H20FN3O/c1-13-10-11-17(3,4)15-8-7-9-16(18-15)20(6)19(5)12-14(13)2;1-13-8-7-11-16(2,3)14-9-6-10-15(17-14)19(5)18(4)12-13;1-15(2)9-8-11(16)12(17)10-19(3)20(4)14-7-5-6-13(15)18-14;1-15(2)10-6-7-12(16)11-18(3)19(4)14-9-5-8-13(15)17-14;1-12-8-10-15(2,19)13-6-5-7-14(16-13)18(4)17(3)11-9-12;1-14(19)9-7-11(15)8-10-17(2)18(3)13-6-4-5-12(14)16-13/h7-9H,10-12H2,1-6H3;6,8-10H,7,11-12H2,1-5H3;5-7H,8-10H2,1-4H3;5,7-9H,6,10-11H2,1-4H3;5-7,9,19H,8,10-11H2,1-4H3;4-6,8,19H,7,9-10H2,1-3H3/b14-13-;13-8-;12-11-;12-7+;12-9-;11-8+. The van der Waals surface area contributed by atoms with Gasteiger partial charge in [0, 0.05) is 168 Å². The molecular formula is C92H138F4N18O2. The smallest absolute Gasteiger partial charge is 0.147 e. The maximum absolute atomic E-state index is 13.8. The van der Waals surface area contributed by atoms with Crippen LogP contribution in [0.15, 0.2) is 179 Å². The number of fused-ring (bicyclic) bond motifs is 12. The lowest BCUT2D eigenvalue weighted by Gasteiger charge is -2.30. The molecule has 0 amide bonds. The number of nitrogens with zero attached hydrogens (tertiary/aromatic N) is 18. The molecule has 2 unspecified atom stereocenters. The van der Waals surface area contributed by atoms with Gasteiger partial charge >= 0.3 is 0 Å². The molecule has 6 aromatic rings. The zero-order valence-electron chi connectivity index (χ0n) is 74.9. The molecule has 2 atom stereocenters. The highest BCUT2D eigenvalue weighted by Gasteiger charge is 2.32. The Balaban J connectivity index is 0.000000192. The van der Waals surface area contributed by atoms with Gasteiger partial charge < -0.3 is 10.2 Å². The summed E-state index contributed by atoms with van der Waals surface area (Å²) in [5.41, 5.74) is 9.20. The van der Waals surface area contributed by atoms with E-state index >= 15 is 0 Å². The molecule has 0 fully saturated rings. The Labute approximate surface area is 693 Å². The topological polar surface area (TPSA) is 157 Å². The average molecular weight is 1600 g/mol. The highest BCUT2D eigenvalue weighted by Crippen LogP contribution is 2.37. The van der Waals surface area contributed by atoms with Gasteiger partial charge in [0.25, 0.3) is 0 Å². The molecule has 636 valence electrons. The van der Waals surface area contributed by atoms with Gasteiger partial charge in [0.1, 0.15) is 63.6 Å². The summed E-state index contributed by atoms with van der Waals surface area (Å²) in [5.74, 6) is 3.56. The van der Waals surface area contributed by atoms with E-state index in [4.69, 9.17) is 15.0 Å². The molecule has 2 N–H and O–H groups in total. The van der Waals surface area contributed by atoms with Crippen molar-refractivity contribution in [2.75, 3.05) is 154 Å². The first-order valence-corrected chi connectivity index (χ1v) is 40.9. The summed E-state index contributed by atoms with van der Waals surface area (Å²) in [6.07, 6.45) is 16.7. The van der Waals surface area contributed by atoms with Crippen molar-refractivity contribution >= 4 is 34.9 Å². The van der Waals surface area contributed by atoms with E-state index in [-0.39, 0.29) is 59.2 Å². The number of aliphatic hydroxyl groups is 2. The van der Waals surface area contributed by atoms with Crippen LogP contribution in [0, 0.1) is 0 Å². The van der Waals surface area contributed by atoms with Crippen LogP contribution in [-0.2, 0) is 32.9 Å². The molecule has 12 rings (SSSR count). The highest BCUT2D eigenvalue weighted by molar-refractivity contribution is 5.44. The van der Waals surface area contributed by atoms with Gasteiger partial charge in [-0.2, -0.15) is 0 Å². The third kappa shape index (κ3) is 26.8. The van der Waals surface area contributed by atoms with Gasteiger partial charge in [-0.25, -0.2) is 77.5 Å². The van der Waals surface area contributed by atoms with E-state index in [2.05, 4.69) is 192 Å². The summed E-state index contributed by atoms with van der Waals surface area (Å²) in [6, 6.07) is 35.8. The minimum Gasteiger partial charge on any atom is -0.384 e. The van der Waals surface area contributed by atoms with Gasteiger partial charge in [0.15, 0.2) is 0 Å². The second kappa shape index (κ2) is 41.3. The third-order valence-electron chi connectivity index (χ3n) is 23.7. The summed E-state index contributed by atoms with van der Waals surface area (Å²) in [5, 5.41) is 44.6. The number of hydrogen-bond donors (Lipinski definition) is 2. The van der Waals surface area contributed by atoms with E-state index in [1.165, 1.54) is 33.7 Å². The summed E-state index contributed by atoms with van der Waals surface area (Å²) >= 11 is 0. The molecule has 0 spiro atoms. The second-order valence-corrected chi connectivity index (χ2v) is 35.3. The van der Waals surface area contributed by atoms with Crippen molar-refractivity contribution < 1.29 is 27.8 Å². The molecular weight excluding hydrogens is 1470 g/mol. The largest absolute Gasteiger partial charge is 0.384 e. The first-order chi connectivity index (χ1) is 54.2. The molecule has 6 aliphatic rings. The molecule has 0 aromatic carbocycles. The molecule has 12 heterocycles. The Morgan fingerprint density at radius 1 is 0.284 bits per heavy atom. The van der Waals surface area contributed by atoms with E-state index in [1.54, 1.807) is 49.3 Å². The second-order valence-electron chi connectivity index (χ2n) is 35.3. The number of hydrazine groups is 6. The summed E-state index contributed by atoms with van der Waals surface area (Å²) in [7, 11) is 23.4. The lowest BCUT2D eigenvalue weighted by Crippen LogP contribution is -2.38. The number of allylic oxidation sites excluding steroid dienone is 6. The fraction of sp³-hybridized carbons (Fsp3) is 0.543. The first-order valence-electron chi connectivity index (χ1n) is 40.9. The van der Waals surface area contributed by atoms with Gasteiger partial charge in [-0.1, -0.05) is 132 Å². The predicted molar refractivity (Wildman–Crippen MR) is 472 cm³/mol. The fourth-order valence-electron chi connectivity index (χ4n) is 13.8. The van der Waals surface area contributed by atoms with Gasteiger partial charge in [0.05, 0.1) is 30.3 Å². The van der Waals surface area contributed by atoms with E-state index in [0.717, 1.165) is 117 Å². The van der Waals surface area contributed by atoms with Crippen LogP contribution < -0.4 is 30.1 Å². The molecule has 0 aliphatic carbocycles. The molecule has 116 heavy (non-hydrogen) atoms. The Bertz CT molecular complexity index is 4120. The van der Waals surface area contributed by atoms with Crippen molar-refractivity contribution in [3.63, 3.8) is 0 Å². The minimum atomic E-state index is -1.12. The molecule has 0 saturated carbocycles. The van der Waals surface area contributed by atoms with Crippen molar-refractivity contribution in [2.24, 2.45) is 0 Å². The number of rotatable bonds is 0. The van der Waals surface area contributed by atoms with Crippen LogP contribution in [0.2, 0.25) is 0 Å². The summed E-state index contributed by atoms with van der Waals surface area (Å²) in [4.78, 5) is 28.1. The molecule has 12 bridgehead atoms. The number of likely N-dealkylation sites (N-methyl/N-ethyl adjacent to an activating group) is 6. The number of aromatic nitrogens is 6. The van der Waals surface area contributed by atoms with Crippen LogP contribution in [0.3, 0.4) is 0 Å². The predicted octanol–water partition coefficient (Wildman–Crippen LogP) is 18.6. The highest BCUT2D eigenvalue weighted by atomic mass is 19.2. The molecule has 0 radical (unpaired) electrons. The molecule has 20 nitrogen and oxygen atoms in total. The quantitative estimate of drug-likeness (QED) is 0.109. The fourth-order valence-corrected chi connectivity index (χ4v) is 13.8. The third-order valence-corrected chi connectivity index (χ3v) is 23.7. The van der Waals surface area contributed by atoms with Crippen LogP contribution in [0.4, 0.5) is 52.5 Å². The molecule has 24 heteroatoms. The van der Waals surface area contributed by atoms with Crippen molar-refractivity contribution in [3.05, 3.63) is 213 Å². The van der Waals surface area contributed by atoms with Gasteiger partial charge in [-0.05, 0) is 185 Å². The SMILES string of the molecule is C/C1=C(\C)CN(C)N(C)c2cccc(n2)C(C)(C)CC1.C/C1=C/CCC(C)(C)c2cccc(n2)N(C)N(C)C1.C/C1=C/CN(C)N(C)c2cccc(n2)C(C)(O)CC1.CN1C/C(F)=C(/F)CCC(C)(C)c2cccc(n2)N1C.CN1C/C(F)=C\CCC(C)(C)c2cccc(n2)N1C.CN1C/C=C(/F)CCC(C)(O)c2cccc(n2)N1C. The lowest BCUT2D eigenvalue weighted by molar-refractivity contribution is 0.0421. The summed E-state index contributed by atoms with van der Waals surface area (Å²) in [6.45, 7) is 33.2. The minimum absolute atomic E-state index is 0.0451. The molecule has 6 aromatic heterocycles. The monoisotopic (exact) mass is 1600 g/mol. The maximum Gasteiger partial charge on any atom is 0.147 e. The van der Waals surface area contributed by atoms with Crippen LogP contribution in [-0.4, -0.2) is 194 Å². The van der Waals surface area contributed by atoms with E-state index in [9.17, 15) is 27.8 Å². The number of halogens is 4. The summed E-state index contributed by atoms with van der Waals surface area (Å²) < 4.78 is 55.2. The van der Waals surface area contributed by atoms with E-state index in [1.807, 2.05) is 149 Å². The van der Waals surface area contributed by atoms with Gasteiger partial charge in [-0.3, -0.25) is 30.1 Å². The van der Waals surface area contributed by atoms with Crippen molar-refractivity contribution in [1.29, 1.82) is 0 Å². The maximum atomic E-state index is 13.8. The first kappa shape index (κ1) is 94.7. The zero-order valence-corrected chi connectivity index (χ0v) is 74.9. The number of pyridine rings is 6. The van der Waals surface area contributed by atoms with Crippen LogP contribution >= 0.6 is 0 Å². The zero-order chi connectivity index (χ0) is 86.0. The average Bonchev–Trinajstić information content (AvgIpc) is 1.19. The Kier molecular flexibility index (Phi) is 33.7. The number of anilines is 6. The number of hydrogen-bond acceptors (Lipinski definition) is 20. The van der Waals surface area contributed by atoms with Crippen LogP contribution in [0.1, 0.15) is 208 Å². The van der Waals surface area contributed by atoms with Crippen molar-refractivity contribution in [2.45, 2.75) is 207 Å².